The minimum absolute atomic E-state index is 0.0691. The van der Waals surface area contributed by atoms with Gasteiger partial charge in [-0.25, -0.2) is 0 Å². The van der Waals surface area contributed by atoms with Gasteiger partial charge in [-0.2, -0.15) is 13.2 Å². The van der Waals surface area contributed by atoms with Crippen LogP contribution in [0.15, 0.2) is 18.3 Å². The molecule has 1 aromatic rings. The average molecular weight is 330 g/mol. The van der Waals surface area contributed by atoms with Crippen molar-refractivity contribution < 1.29 is 27.9 Å². The van der Waals surface area contributed by atoms with Crippen molar-refractivity contribution in [3.8, 4) is 0 Å². The van der Waals surface area contributed by atoms with E-state index in [1.54, 1.807) is 13.8 Å². The Kier molecular flexibility index (Phi) is 4.37. The molecule has 1 heterocycles. The third-order valence-corrected chi connectivity index (χ3v) is 4.33. The van der Waals surface area contributed by atoms with E-state index in [1.807, 2.05) is 0 Å². The van der Waals surface area contributed by atoms with Crippen LogP contribution in [0.5, 0.6) is 0 Å². The number of hydrogen-bond acceptors (Lipinski definition) is 3. The predicted molar refractivity (Wildman–Crippen MR) is 74.1 cm³/mol. The molecule has 126 valence electrons. The molecular weight excluding hydrogens is 313 g/mol. The summed E-state index contributed by atoms with van der Waals surface area (Å²) < 4.78 is 37.9. The number of carbonyl (C=O) groups is 2. The van der Waals surface area contributed by atoms with Crippen LogP contribution < -0.4 is 5.32 Å². The van der Waals surface area contributed by atoms with Gasteiger partial charge in [0.2, 0.25) is 5.91 Å². The number of nitrogens with zero attached hydrogens (tertiary/aromatic N) is 1. The summed E-state index contributed by atoms with van der Waals surface area (Å²) >= 11 is 0. The van der Waals surface area contributed by atoms with Crippen molar-refractivity contribution in [2.75, 3.05) is 0 Å². The fraction of sp³-hybridized carbons (Fsp3) is 0.533. The van der Waals surface area contributed by atoms with Gasteiger partial charge >= 0.3 is 12.1 Å². The lowest BCUT2D eigenvalue weighted by molar-refractivity contribution is -0.142. The molecule has 0 bridgehead atoms. The second kappa shape index (κ2) is 5.82. The third kappa shape index (κ3) is 3.30. The standard InChI is InChI=1S/C15H17F3N2O3/c1-8(2)14(6-11(14)12(21)22)13(23)20-7-10-5-9(3-4-19-10)15(16,17)18/h3-5,8,11H,6-7H2,1-2H3,(H,20,23)(H,21,22)/t11-,14+/m0/s1. The Morgan fingerprint density at radius 3 is 2.61 bits per heavy atom. The molecule has 1 aromatic heterocycles. The molecule has 1 amide bonds. The van der Waals surface area contributed by atoms with E-state index < -0.39 is 34.9 Å². The van der Waals surface area contributed by atoms with Gasteiger partial charge < -0.3 is 10.4 Å². The van der Waals surface area contributed by atoms with Crippen LogP contribution in [0.1, 0.15) is 31.5 Å². The van der Waals surface area contributed by atoms with Crippen molar-refractivity contribution in [2.24, 2.45) is 17.3 Å². The lowest BCUT2D eigenvalue weighted by Gasteiger charge is -2.20. The second-order valence-electron chi connectivity index (χ2n) is 6.01. The summed E-state index contributed by atoms with van der Waals surface area (Å²) in [6.07, 6.45) is -3.21. The summed E-state index contributed by atoms with van der Waals surface area (Å²) in [4.78, 5) is 27.2. The minimum atomic E-state index is -4.48. The van der Waals surface area contributed by atoms with Gasteiger partial charge in [-0.1, -0.05) is 13.8 Å². The maximum absolute atomic E-state index is 12.6. The minimum Gasteiger partial charge on any atom is -0.481 e. The van der Waals surface area contributed by atoms with Gasteiger partial charge in [-0.15, -0.1) is 0 Å². The molecule has 0 aliphatic heterocycles. The highest BCUT2D eigenvalue weighted by molar-refractivity contribution is 5.93. The summed E-state index contributed by atoms with van der Waals surface area (Å²) in [7, 11) is 0. The van der Waals surface area contributed by atoms with E-state index in [2.05, 4.69) is 10.3 Å². The van der Waals surface area contributed by atoms with E-state index in [9.17, 15) is 22.8 Å². The third-order valence-electron chi connectivity index (χ3n) is 4.33. The number of nitrogens with one attached hydrogen (secondary N) is 1. The molecule has 0 saturated heterocycles. The Bertz CT molecular complexity index is 631. The van der Waals surface area contributed by atoms with E-state index in [0.29, 0.717) is 0 Å². The average Bonchev–Trinajstić information content (AvgIpc) is 3.21. The molecular formula is C15H17F3N2O3. The first kappa shape index (κ1) is 17.2. The first-order chi connectivity index (χ1) is 10.6. The fourth-order valence-electron chi connectivity index (χ4n) is 2.82. The molecule has 1 fully saturated rings. The number of pyridine rings is 1. The maximum Gasteiger partial charge on any atom is 0.416 e. The zero-order chi connectivity index (χ0) is 17.4. The van der Waals surface area contributed by atoms with Crippen LogP contribution in [0.4, 0.5) is 13.2 Å². The molecule has 0 spiro atoms. The Balaban J connectivity index is 2.06. The van der Waals surface area contributed by atoms with E-state index in [-0.39, 0.29) is 24.6 Å². The molecule has 0 aromatic carbocycles. The predicted octanol–water partition coefficient (Wildman–Crippen LogP) is 2.46. The number of alkyl halides is 3. The molecule has 2 atom stereocenters. The highest BCUT2D eigenvalue weighted by atomic mass is 19.4. The highest BCUT2D eigenvalue weighted by Gasteiger charge is 2.65. The van der Waals surface area contributed by atoms with Crippen LogP contribution in [-0.2, 0) is 22.3 Å². The van der Waals surface area contributed by atoms with Crippen molar-refractivity contribution >= 4 is 11.9 Å². The number of amides is 1. The van der Waals surface area contributed by atoms with Gasteiger partial charge in [0.1, 0.15) is 0 Å². The summed E-state index contributed by atoms with van der Waals surface area (Å²) in [6, 6.07) is 1.71. The molecule has 23 heavy (non-hydrogen) atoms. The Hall–Kier alpha value is -2.12. The molecule has 5 nitrogen and oxygen atoms in total. The molecule has 2 rings (SSSR count). The van der Waals surface area contributed by atoms with Crippen LogP contribution in [0.3, 0.4) is 0 Å². The normalized spacial score (nSPS) is 23.7. The van der Waals surface area contributed by atoms with Crippen LogP contribution >= 0.6 is 0 Å². The van der Waals surface area contributed by atoms with Crippen LogP contribution in [0, 0.1) is 17.3 Å². The molecule has 1 aliphatic carbocycles. The van der Waals surface area contributed by atoms with Gasteiger partial charge in [-0.05, 0) is 24.5 Å². The Morgan fingerprint density at radius 1 is 1.48 bits per heavy atom. The fourth-order valence-corrected chi connectivity index (χ4v) is 2.82. The first-order valence-corrected chi connectivity index (χ1v) is 7.12. The summed E-state index contributed by atoms with van der Waals surface area (Å²) in [5.41, 5.74) is -1.77. The monoisotopic (exact) mass is 330 g/mol. The van der Waals surface area contributed by atoms with Crippen molar-refractivity contribution in [2.45, 2.75) is 33.0 Å². The number of carbonyl (C=O) groups excluding carboxylic acids is 1. The summed E-state index contributed by atoms with van der Waals surface area (Å²) in [6.45, 7) is 3.33. The van der Waals surface area contributed by atoms with Gasteiger partial charge in [0.05, 0.1) is 29.1 Å². The van der Waals surface area contributed by atoms with Crippen LogP contribution in [-0.4, -0.2) is 22.0 Å². The number of hydrogen-bond donors (Lipinski definition) is 2. The van der Waals surface area contributed by atoms with Gasteiger partial charge in [0, 0.05) is 6.20 Å². The van der Waals surface area contributed by atoms with Gasteiger partial charge in [-0.3, -0.25) is 14.6 Å². The smallest absolute Gasteiger partial charge is 0.416 e. The van der Waals surface area contributed by atoms with E-state index >= 15 is 0 Å². The summed E-state index contributed by atoms with van der Waals surface area (Å²) in [5, 5.41) is 11.6. The van der Waals surface area contributed by atoms with Crippen LogP contribution in [0.25, 0.3) is 0 Å². The van der Waals surface area contributed by atoms with E-state index in [0.717, 1.165) is 18.3 Å². The number of aromatic nitrogens is 1. The van der Waals surface area contributed by atoms with Crippen molar-refractivity contribution in [3.63, 3.8) is 0 Å². The number of carboxylic acid groups (broad SMARTS) is 1. The van der Waals surface area contributed by atoms with E-state index in [4.69, 9.17) is 5.11 Å². The number of aliphatic carboxylic acids is 1. The topological polar surface area (TPSA) is 79.3 Å². The quantitative estimate of drug-likeness (QED) is 0.869. The van der Waals surface area contributed by atoms with E-state index in [1.165, 1.54) is 0 Å². The summed E-state index contributed by atoms with van der Waals surface area (Å²) in [5.74, 6) is -2.43. The Labute approximate surface area is 130 Å². The molecule has 2 N–H and O–H groups in total. The number of carboxylic acids is 1. The van der Waals surface area contributed by atoms with Crippen LogP contribution in [0.2, 0.25) is 0 Å². The van der Waals surface area contributed by atoms with Crippen molar-refractivity contribution in [1.29, 1.82) is 0 Å². The molecule has 0 radical (unpaired) electrons. The number of halogens is 3. The molecule has 0 unspecified atom stereocenters. The SMILES string of the molecule is CC(C)[C@]1(C(=O)NCc2cc(C(F)(F)F)ccn2)C[C@H]1C(=O)O. The number of rotatable bonds is 5. The zero-order valence-corrected chi connectivity index (χ0v) is 12.6. The molecule has 8 heteroatoms. The second-order valence-corrected chi connectivity index (χ2v) is 6.01. The lowest BCUT2D eigenvalue weighted by Crippen LogP contribution is -2.37. The van der Waals surface area contributed by atoms with Gasteiger partial charge in [0.15, 0.2) is 0 Å². The highest BCUT2D eigenvalue weighted by Crippen LogP contribution is 2.58. The molecule has 1 saturated carbocycles. The molecule has 1 aliphatic rings. The zero-order valence-electron chi connectivity index (χ0n) is 12.6. The van der Waals surface area contributed by atoms with Crippen molar-refractivity contribution in [1.82, 2.24) is 10.3 Å². The van der Waals surface area contributed by atoms with Gasteiger partial charge in [0.25, 0.3) is 0 Å². The maximum atomic E-state index is 12.6. The first-order valence-electron chi connectivity index (χ1n) is 7.12. The lowest BCUT2D eigenvalue weighted by atomic mass is 9.88. The Morgan fingerprint density at radius 2 is 2.13 bits per heavy atom. The van der Waals surface area contributed by atoms with Crippen molar-refractivity contribution in [3.05, 3.63) is 29.6 Å². The largest absolute Gasteiger partial charge is 0.481 e.